The summed E-state index contributed by atoms with van der Waals surface area (Å²) in [4.78, 5) is 1.36. The van der Waals surface area contributed by atoms with E-state index in [1.165, 1.54) is 14.4 Å². The van der Waals surface area contributed by atoms with Crippen LogP contribution in [0.15, 0.2) is 20.4 Å². The molecule has 0 aromatic carbocycles. The van der Waals surface area contributed by atoms with Crippen molar-refractivity contribution in [2.24, 2.45) is 0 Å². The fourth-order valence-corrected chi connectivity index (χ4v) is 4.31. The van der Waals surface area contributed by atoms with Crippen LogP contribution in [0.5, 0.6) is 0 Å². The molecular weight excluding hydrogens is 414 g/mol. The zero-order valence-corrected chi connectivity index (χ0v) is 16.6. The lowest BCUT2D eigenvalue weighted by Crippen LogP contribution is -2.24. The topological polar surface area (TPSA) is 29.9 Å². The van der Waals surface area contributed by atoms with Crippen LogP contribution in [0.25, 0.3) is 0 Å². The van der Waals surface area contributed by atoms with Crippen molar-refractivity contribution >= 4 is 43.2 Å². The summed E-state index contributed by atoms with van der Waals surface area (Å²) >= 11 is 9.06. The van der Waals surface area contributed by atoms with Crippen molar-refractivity contribution in [1.82, 2.24) is 15.1 Å². The summed E-state index contributed by atoms with van der Waals surface area (Å²) in [6.07, 6.45) is 2.08. The quantitative estimate of drug-likeness (QED) is 0.658. The van der Waals surface area contributed by atoms with Gasteiger partial charge in [-0.2, -0.15) is 5.10 Å². The zero-order chi connectivity index (χ0) is 15.4. The van der Waals surface area contributed by atoms with Gasteiger partial charge in [0.15, 0.2) is 0 Å². The SMILES string of the molecule is CCCNC(Cc1c(Br)c(C)nn1CC)c1ccc(Br)s1. The molecule has 6 heteroatoms. The Morgan fingerprint density at radius 3 is 2.67 bits per heavy atom. The largest absolute Gasteiger partial charge is 0.309 e. The Morgan fingerprint density at radius 2 is 2.10 bits per heavy atom. The Kier molecular flexibility index (Phi) is 6.47. The van der Waals surface area contributed by atoms with Gasteiger partial charge in [0.1, 0.15) is 0 Å². The maximum absolute atomic E-state index is 4.60. The zero-order valence-electron chi connectivity index (χ0n) is 12.6. The number of aromatic nitrogens is 2. The molecule has 1 atom stereocenters. The van der Waals surface area contributed by atoms with E-state index in [4.69, 9.17) is 0 Å². The molecule has 116 valence electrons. The molecule has 1 unspecified atom stereocenters. The number of hydrogen-bond donors (Lipinski definition) is 1. The molecule has 0 saturated carbocycles. The lowest BCUT2D eigenvalue weighted by atomic mass is 10.1. The van der Waals surface area contributed by atoms with E-state index in [0.717, 1.165) is 36.1 Å². The molecular formula is C15H21Br2N3S. The van der Waals surface area contributed by atoms with Crippen LogP contribution in [-0.4, -0.2) is 16.3 Å². The minimum absolute atomic E-state index is 0.332. The van der Waals surface area contributed by atoms with Crippen molar-refractivity contribution in [3.63, 3.8) is 0 Å². The van der Waals surface area contributed by atoms with Gasteiger partial charge in [-0.15, -0.1) is 11.3 Å². The third-order valence-corrected chi connectivity index (χ3v) is 6.20. The van der Waals surface area contributed by atoms with Crippen molar-refractivity contribution in [3.05, 3.63) is 36.7 Å². The van der Waals surface area contributed by atoms with Crippen LogP contribution in [0.4, 0.5) is 0 Å². The molecule has 0 fully saturated rings. The highest BCUT2D eigenvalue weighted by molar-refractivity contribution is 9.11. The smallest absolute Gasteiger partial charge is 0.0738 e. The summed E-state index contributed by atoms with van der Waals surface area (Å²) in [5.74, 6) is 0. The van der Waals surface area contributed by atoms with Gasteiger partial charge in [0, 0.05) is 23.9 Å². The molecule has 0 aliphatic heterocycles. The fraction of sp³-hybridized carbons (Fsp3) is 0.533. The molecule has 0 aliphatic carbocycles. The molecule has 0 spiro atoms. The van der Waals surface area contributed by atoms with E-state index in [9.17, 15) is 0 Å². The van der Waals surface area contributed by atoms with Gasteiger partial charge in [-0.25, -0.2) is 0 Å². The van der Waals surface area contributed by atoms with Crippen LogP contribution in [0.2, 0.25) is 0 Å². The van der Waals surface area contributed by atoms with Gasteiger partial charge < -0.3 is 5.32 Å². The van der Waals surface area contributed by atoms with Crippen molar-refractivity contribution in [1.29, 1.82) is 0 Å². The maximum atomic E-state index is 4.60. The highest BCUT2D eigenvalue weighted by Gasteiger charge is 2.19. The van der Waals surface area contributed by atoms with Crippen LogP contribution in [0.1, 0.15) is 42.6 Å². The Bertz CT molecular complexity index is 592. The first kappa shape index (κ1) is 17.2. The molecule has 2 aromatic heterocycles. The molecule has 2 rings (SSSR count). The number of nitrogens with zero attached hydrogens (tertiary/aromatic N) is 2. The predicted molar refractivity (Wildman–Crippen MR) is 97.1 cm³/mol. The maximum Gasteiger partial charge on any atom is 0.0738 e. The third-order valence-electron chi connectivity index (χ3n) is 3.43. The van der Waals surface area contributed by atoms with E-state index < -0.39 is 0 Å². The van der Waals surface area contributed by atoms with E-state index >= 15 is 0 Å². The molecule has 2 heterocycles. The van der Waals surface area contributed by atoms with Gasteiger partial charge in [-0.05, 0) is 70.8 Å². The first-order valence-electron chi connectivity index (χ1n) is 7.27. The summed E-state index contributed by atoms with van der Waals surface area (Å²) in [5.41, 5.74) is 2.33. The predicted octanol–water partition coefficient (Wildman–Crippen LogP) is 5.08. The first-order valence-corrected chi connectivity index (χ1v) is 9.67. The molecule has 0 amide bonds. The van der Waals surface area contributed by atoms with Crippen molar-refractivity contribution in [2.45, 2.75) is 46.2 Å². The van der Waals surface area contributed by atoms with Gasteiger partial charge in [0.05, 0.1) is 19.6 Å². The summed E-state index contributed by atoms with van der Waals surface area (Å²) in [6.45, 7) is 8.31. The molecule has 21 heavy (non-hydrogen) atoms. The Morgan fingerprint density at radius 1 is 1.33 bits per heavy atom. The van der Waals surface area contributed by atoms with Crippen LogP contribution in [-0.2, 0) is 13.0 Å². The highest BCUT2D eigenvalue weighted by atomic mass is 79.9. The molecule has 3 nitrogen and oxygen atoms in total. The van der Waals surface area contributed by atoms with E-state index in [-0.39, 0.29) is 0 Å². The monoisotopic (exact) mass is 433 g/mol. The lowest BCUT2D eigenvalue weighted by Gasteiger charge is -2.18. The Labute approximate surface area is 147 Å². The van der Waals surface area contributed by atoms with Crippen LogP contribution >= 0.6 is 43.2 Å². The Hall–Kier alpha value is -0.170. The van der Waals surface area contributed by atoms with Crippen molar-refractivity contribution in [2.75, 3.05) is 6.54 Å². The number of hydrogen-bond acceptors (Lipinski definition) is 3. The van der Waals surface area contributed by atoms with E-state index in [2.05, 4.69) is 79.9 Å². The molecule has 2 aromatic rings. The average molecular weight is 435 g/mol. The van der Waals surface area contributed by atoms with Gasteiger partial charge in [0.25, 0.3) is 0 Å². The van der Waals surface area contributed by atoms with Gasteiger partial charge in [-0.3, -0.25) is 4.68 Å². The van der Waals surface area contributed by atoms with Crippen LogP contribution < -0.4 is 5.32 Å². The lowest BCUT2D eigenvalue weighted by molar-refractivity contribution is 0.507. The molecule has 0 aliphatic rings. The van der Waals surface area contributed by atoms with E-state index in [1.54, 1.807) is 11.3 Å². The number of thiophene rings is 1. The molecule has 0 saturated heterocycles. The highest BCUT2D eigenvalue weighted by Crippen LogP contribution is 2.31. The third kappa shape index (κ3) is 4.18. The second kappa shape index (κ2) is 7.90. The standard InChI is InChI=1S/C15H21Br2N3S/c1-4-8-18-11(13-6-7-14(16)21-13)9-12-15(17)10(3)19-20(12)5-2/h6-7,11,18H,4-5,8-9H2,1-3H3. The summed E-state index contributed by atoms with van der Waals surface area (Å²) in [7, 11) is 0. The van der Waals surface area contributed by atoms with E-state index in [0.29, 0.717) is 6.04 Å². The first-order chi connectivity index (χ1) is 10.1. The van der Waals surface area contributed by atoms with E-state index in [1.807, 2.05) is 0 Å². The normalized spacial score (nSPS) is 12.8. The summed E-state index contributed by atoms with van der Waals surface area (Å²) in [6, 6.07) is 4.66. The number of rotatable bonds is 7. The number of halogens is 2. The summed E-state index contributed by atoms with van der Waals surface area (Å²) in [5, 5.41) is 8.26. The van der Waals surface area contributed by atoms with Crippen LogP contribution in [0.3, 0.4) is 0 Å². The summed E-state index contributed by atoms with van der Waals surface area (Å²) < 4.78 is 4.42. The van der Waals surface area contributed by atoms with Crippen molar-refractivity contribution < 1.29 is 0 Å². The van der Waals surface area contributed by atoms with Crippen molar-refractivity contribution in [3.8, 4) is 0 Å². The van der Waals surface area contributed by atoms with Gasteiger partial charge in [0.2, 0.25) is 0 Å². The molecule has 0 bridgehead atoms. The van der Waals surface area contributed by atoms with Crippen LogP contribution in [0, 0.1) is 6.92 Å². The molecule has 0 radical (unpaired) electrons. The average Bonchev–Trinajstić information content (AvgIpc) is 3.01. The number of nitrogens with one attached hydrogen (secondary N) is 1. The van der Waals surface area contributed by atoms with Gasteiger partial charge in [-0.1, -0.05) is 6.92 Å². The minimum atomic E-state index is 0.332. The Balaban J connectivity index is 2.26. The van der Waals surface area contributed by atoms with Gasteiger partial charge >= 0.3 is 0 Å². The molecule has 1 N–H and O–H groups in total. The second-order valence-corrected chi connectivity index (χ2v) is 8.30. The number of aryl methyl sites for hydroxylation is 2. The minimum Gasteiger partial charge on any atom is -0.309 e. The fourth-order valence-electron chi connectivity index (χ4n) is 2.36. The second-order valence-electron chi connectivity index (χ2n) is 5.01.